The molecular weight excluding hydrogens is 270 g/mol. The lowest BCUT2D eigenvalue weighted by molar-refractivity contribution is 0.352. The normalized spacial score (nSPS) is 14.9. The van der Waals surface area contributed by atoms with Crippen LogP contribution in [0.2, 0.25) is 5.02 Å². The lowest BCUT2D eigenvalue weighted by Crippen LogP contribution is -2.28. The van der Waals surface area contributed by atoms with E-state index in [1.807, 2.05) is 6.07 Å². The van der Waals surface area contributed by atoms with Crippen molar-refractivity contribution in [2.75, 3.05) is 13.2 Å². The minimum Gasteiger partial charge on any atom is -0.493 e. The Bertz CT molecular complexity index is 427. The third-order valence-electron chi connectivity index (χ3n) is 3.95. The molecule has 2 nitrogen and oxygen atoms in total. The molecule has 0 aliphatic carbocycles. The van der Waals surface area contributed by atoms with Crippen LogP contribution in [0.3, 0.4) is 0 Å². The van der Waals surface area contributed by atoms with Crippen molar-refractivity contribution in [1.29, 1.82) is 0 Å². The minimum atomic E-state index is 0.651. The van der Waals surface area contributed by atoms with Gasteiger partial charge in [0.1, 0.15) is 5.75 Å². The first-order valence-corrected chi connectivity index (χ1v) is 8.29. The third-order valence-corrected chi connectivity index (χ3v) is 4.17. The van der Waals surface area contributed by atoms with Crippen molar-refractivity contribution in [1.82, 2.24) is 5.32 Å². The molecule has 0 aromatic heterocycles. The fraction of sp³-hybridized carbons (Fsp3) is 0.647. The lowest BCUT2D eigenvalue weighted by atomic mass is 9.99. The van der Waals surface area contributed by atoms with E-state index >= 15 is 0 Å². The summed E-state index contributed by atoms with van der Waals surface area (Å²) >= 11 is 6.20. The fourth-order valence-electron chi connectivity index (χ4n) is 3.06. The Kier molecular flexibility index (Phi) is 6.18. The average molecular weight is 296 g/mol. The van der Waals surface area contributed by atoms with Crippen LogP contribution in [-0.4, -0.2) is 19.2 Å². The molecule has 2 rings (SSSR count). The highest BCUT2D eigenvalue weighted by Gasteiger charge is 2.17. The molecule has 112 valence electrons. The molecule has 3 heteroatoms. The van der Waals surface area contributed by atoms with Crippen LogP contribution in [-0.2, 0) is 12.8 Å². The molecule has 0 bridgehead atoms. The van der Waals surface area contributed by atoms with E-state index in [2.05, 4.69) is 25.2 Å². The predicted octanol–water partition coefficient (Wildman–Crippen LogP) is 4.38. The molecule has 1 N–H and O–H groups in total. The van der Waals surface area contributed by atoms with Gasteiger partial charge in [-0.15, -0.1) is 0 Å². The largest absolute Gasteiger partial charge is 0.493 e. The predicted molar refractivity (Wildman–Crippen MR) is 86.0 cm³/mol. The van der Waals surface area contributed by atoms with Crippen molar-refractivity contribution in [2.45, 2.75) is 58.4 Å². The van der Waals surface area contributed by atoms with E-state index in [1.54, 1.807) is 0 Å². The van der Waals surface area contributed by atoms with Gasteiger partial charge in [-0.3, -0.25) is 0 Å². The van der Waals surface area contributed by atoms with Crippen LogP contribution in [0.25, 0.3) is 0 Å². The Labute approximate surface area is 127 Å². The smallest absolute Gasteiger partial charge is 0.125 e. The van der Waals surface area contributed by atoms with Crippen LogP contribution in [0.15, 0.2) is 12.1 Å². The summed E-state index contributed by atoms with van der Waals surface area (Å²) in [5.74, 6) is 1.10. The number of hydrogen-bond acceptors (Lipinski definition) is 2. The van der Waals surface area contributed by atoms with Gasteiger partial charge in [0.25, 0.3) is 0 Å². The molecule has 1 atom stereocenters. The topological polar surface area (TPSA) is 21.3 Å². The summed E-state index contributed by atoms with van der Waals surface area (Å²) in [5.41, 5.74) is 2.57. The molecule has 0 fully saturated rings. The van der Waals surface area contributed by atoms with Gasteiger partial charge in [-0.05, 0) is 55.5 Å². The van der Waals surface area contributed by atoms with E-state index < -0.39 is 0 Å². The number of aryl methyl sites for hydroxylation is 1. The van der Waals surface area contributed by atoms with Crippen molar-refractivity contribution in [3.63, 3.8) is 0 Å². The van der Waals surface area contributed by atoms with Gasteiger partial charge in [0.05, 0.1) is 6.61 Å². The van der Waals surface area contributed by atoms with Crippen LogP contribution in [0.1, 0.15) is 50.7 Å². The molecule has 1 unspecified atom stereocenters. The first-order valence-electron chi connectivity index (χ1n) is 7.92. The van der Waals surface area contributed by atoms with Gasteiger partial charge in [-0.25, -0.2) is 0 Å². The summed E-state index contributed by atoms with van der Waals surface area (Å²) in [5, 5.41) is 4.42. The van der Waals surface area contributed by atoms with Gasteiger partial charge in [0.2, 0.25) is 0 Å². The van der Waals surface area contributed by atoms with Gasteiger partial charge in [-0.1, -0.05) is 31.9 Å². The number of nitrogens with one attached hydrogen (secondary N) is 1. The minimum absolute atomic E-state index is 0.651. The number of halogens is 1. The molecule has 0 spiro atoms. The maximum Gasteiger partial charge on any atom is 0.125 e. The Morgan fingerprint density at radius 3 is 2.90 bits per heavy atom. The Hall–Kier alpha value is -0.730. The van der Waals surface area contributed by atoms with Crippen LogP contribution < -0.4 is 10.1 Å². The molecule has 1 aliphatic rings. The van der Waals surface area contributed by atoms with Crippen LogP contribution in [0, 0.1) is 0 Å². The summed E-state index contributed by atoms with van der Waals surface area (Å²) in [6, 6.07) is 4.78. The summed E-state index contributed by atoms with van der Waals surface area (Å²) in [7, 11) is 0. The first-order chi connectivity index (χ1) is 9.74. The zero-order chi connectivity index (χ0) is 14.4. The Balaban J connectivity index is 1.91. The molecule has 1 heterocycles. The van der Waals surface area contributed by atoms with Gasteiger partial charge < -0.3 is 10.1 Å². The van der Waals surface area contributed by atoms with Gasteiger partial charge in [0.15, 0.2) is 0 Å². The first kappa shape index (κ1) is 15.7. The highest BCUT2D eigenvalue weighted by atomic mass is 35.5. The highest BCUT2D eigenvalue weighted by Crippen LogP contribution is 2.33. The molecule has 1 aromatic rings. The molecule has 0 saturated heterocycles. The number of rotatable bonds is 8. The summed E-state index contributed by atoms with van der Waals surface area (Å²) in [6.07, 6.45) is 6.98. The molecular formula is C17H26ClNO. The number of fused-ring (bicyclic) bond motifs is 1. The number of ether oxygens (including phenoxy) is 1. The maximum atomic E-state index is 6.20. The van der Waals surface area contributed by atoms with Crippen LogP contribution in [0.4, 0.5) is 0 Å². The zero-order valence-corrected chi connectivity index (χ0v) is 13.4. The van der Waals surface area contributed by atoms with Crippen molar-refractivity contribution < 1.29 is 4.74 Å². The number of hydrogen-bond donors (Lipinski definition) is 1. The molecule has 1 aromatic carbocycles. The van der Waals surface area contributed by atoms with Crippen LogP contribution >= 0.6 is 11.6 Å². The van der Waals surface area contributed by atoms with Gasteiger partial charge in [0, 0.05) is 17.5 Å². The third kappa shape index (κ3) is 4.13. The maximum absolute atomic E-state index is 6.20. The zero-order valence-electron chi connectivity index (χ0n) is 12.7. The van der Waals surface area contributed by atoms with Crippen molar-refractivity contribution in [3.8, 4) is 5.75 Å². The Morgan fingerprint density at radius 2 is 2.15 bits per heavy atom. The summed E-state index contributed by atoms with van der Waals surface area (Å²) in [6.45, 7) is 6.29. The van der Waals surface area contributed by atoms with Crippen molar-refractivity contribution in [3.05, 3.63) is 28.3 Å². The van der Waals surface area contributed by atoms with E-state index in [1.165, 1.54) is 36.8 Å². The molecule has 1 aliphatic heterocycles. The molecule has 0 saturated carbocycles. The van der Waals surface area contributed by atoms with E-state index in [9.17, 15) is 0 Å². The lowest BCUT2D eigenvalue weighted by Gasteiger charge is -2.17. The van der Waals surface area contributed by atoms with E-state index in [4.69, 9.17) is 16.3 Å². The molecule has 20 heavy (non-hydrogen) atoms. The van der Waals surface area contributed by atoms with Crippen molar-refractivity contribution in [2.24, 2.45) is 0 Å². The van der Waals surface area contributed by atoms with Crippen LogP contribution in [0.5, 0.6) is 5.75 Å². The Morgan fingerprint density at radius 1 is 1.30 bits per heavy atom. The highest BCUT2D eigenvalue weighted by molar-refractivity contribution is 6.30. The number of benzene rings is 1. The molecule has 0 amide bonds. The standard InChI is InChI=1S/C17H26ClNO/c1-3-6-16(19-4-2)8-5-7-13-11-15(18)12-14-9-10-20-17(13)14/h11-12,16,19H,3-10H2,1-2H3. The summed E-state index contributed by atoms with van der Waals surface area (Å²) in [4.78, 5) is 0. The fourth-order valence-corrected chi connectivity index (χ4v) is 3.32. The van der Waals surface area contributed by atoms with Crippen molar-refractivity contribution >= 4 is 11.6 Å². The van der Waals surface area contributed by atoms with Gasteiger partial charge >= 0.3 is 0 Å². The average Bonchev–Trinajstić information content (AvgIpc) is 2.87. The second-order valence-corrected chi connectivity index (χ2v) is 6.02. The quantitative estimate of drug-likeness (QED) is 0.768. The van der Waals surface area contributed by atoms with E-state index in [-0.39, 0.29) is 0 Å². The SMILES string of the molecule is CCCC(CCCc1cc(Cl)cc2c1OCC2)NCC. The van der Waals surface area contributed by atoms with Gasteiger partial charge in [-0.2, -0.15) is 0 Å². The second kappa shape index (κ2) is 7.90. The molecule has 0 radical (unpaired) electrons. The van der Waals surface area contributed by atoms with E-state index in [0.717, 1.165) is 36.8 Å². The van der Waals surface area contributed by atoms with E-state index in [0.29, 0.717) is 6.04 Å². The monoisotopic (exact) mass is 295 g/mol. The summed E-state index contributed by atoms with van der Waals surface area (Å²) < 4.78 is 5.76. The second-order valence-electron chi connectivity index (χ2n) is 5.59.